The van der Waals surface area contributed by atoms with Gasteiger partial charge in [0.05, 0.1) is 19.6 Å². The molecule has 0 radical (unpaired) electrons. The number of esters is 1. The Kier molecular flexibility index (Phi) is 5.30. The smallest absolute Gasteiger partial charge is 0.309 e. The van der Waals surface area contributed by atoms with Gasteiger partial charge >= 0.3 is 5.97 Å². The molecular formula is C12H16O3. The highest BCUT2D eigenvalue weighted by Crippen LogP contribution is 2.08. The van der Waals surface area contributed by atoms with E-state index in [-0.39, 0.29) is 5.97 Å². The lowest BCUT2D eigenvalue weighted by Crippen LogP contribution is -2.10. The van der Waals surface area contributed by atoms with Gasteiger partial charge in [-0.2, -0.15) is 0 Å². The van der Waals surface area contributed by atoms with Crippen LogP contribution in [0.5, 0.6) is 5.75 Å². The summed E-state index contributed by atoms with van der Waals surface area (Å²) < 4.78 is 10.3. The molecule has 0 saturated carbocycles. The van der Waals surface area contributed by atoms with Crippen LogP contribution in [0, 0.1) is 0 Å². The highest BCUT2D eigenvalue weighted by Gasteiger charge is 2.01. The van der Waals surface area contributed by atoms with Crippen molar-refractivity contribution in [2.45, 2.75) is 19.8 Å². The molecule has 1 rings (SSSR count). The SMILES string of the molecule is CCCOC(=O)CCOc1ccccc1. The summed E-state index contributed by atoms with van der Waals surface area (Å²) in [5, 5.41) is 0. The maximum Gasteiger partial charge on any atom is 0.309 e. The molecule has 0 amide bonds. The molecule has 15 heavy (non-hydrogen) atoms. The molecule has 3 nitrogen and oxygen atoms in total. The highest BCUT2D eigenvalue weighted by atomic mass is 16.5. The van der Waals surface area contributed by atoms with E-state index in [1.807, 2.05) is 37.3 Å². The number of ether oxygens (including phenoxy) is 2. The van der Waals surface area contributed by atoms with Crippen LogP contribution in [0.15, 0.2) is 30.3 Å². The topological polar surface area (TPSA) is 35.5 Å². The fourth-order valence-electron chi connectivity index (χ4n) is 1.06. The highest BCUT2D eigenvalue weighted by molar-refractivity contribution is 5.69. The Morgan fingerprint density at radius 3 is 2.60 bits per heavy atom. The quantitative estimate of drug-likeness (QED) is 0.673. The van der Waals surface area contributed by atoms with Crippen LogP contribution < -0.4 is 4.74 Å². The molecule has 3 heteroatoms. The monoisotopic (exact) mass is 208 g/mol. The minimum atomic E-state index is -0.201. The molecule has 1 aromatic carbocycles. The summed E-state index contributed by atoms with van der Waals surface area (Å²) in [6.45, 7) is 2.82. The molecule has 0 spiro atoms. The van der Waals surface area contributed by atoms with Crippen molar-refractivity contribution >= 4 is 5.97 Å². The Labute approximate surface area is 90.0 Å². The summed E-state index contributed by atoms with van der Waals surface area (Å²) in [7, 11) is 0. The van der Waals surface area contributed by atoms with Gasteiger partial charge < -0.3 is 9.47 Å². The fraction of sp³-hybridized carbons (Fsp3) is 0.417. The number of rotatable bonds is 6. The molecule has 1 aromatic rings. The Balaban J connectivity index is 2.14. The van der Waals surface area contributed by atoms with Crippen LogP contribution in [-0.2, 0) is 9.53 Å². The number of carbonyl (C=O) groups excluding carboxylic acids is 1. The van der Waals surface area contributed by atoms with E-state index in [1.165, 1.54) is 0 Å². The standard InChI is InChI=1S/C12H16O3/c1-2-9-15-12(13)8-10-14-11-6-4-3-5-7-11/h3-7H,2,8-10H2,1H3. The van der Waals surface area contributed by atoms with Crippen molar-refractivity contribution in [1.82, 2.24) is 0 Å². The lowest BCUT2D eigenvalue weighted by Gasteiger charge is -2.05. The second kappa shape index (κ2) is 6.87. The molecule has 0 aliphatic carbocycles. The molecule has 0 aromatic heterocycles. The average Bonchev–Trinajstić information content (AvgIpc) is 2.28. The maximum absolute atomic E-state index is 11.1. The van der Waals surface area contributed by atoms with Crippen LogP contribution in [0.1, 0.15) is 19.8 Å². The zero-order valence-electron chi connectivity index (χ0n) is 8.94. The van der Waals surface area contributed by atoms with Gasteiger partial charge in [0.2, 0.25) is 0 Å². The number of carbonyl (C=O) groups is 1. The lowest BCUT2D eigenvalue weighted by atomic mass is 10.3. The molecular weight excluding hydrogens is 192 g/mol. The van der Waals surface area contributed by atoms with Crippen molar-refractivity contribution in [1.29, 1.82) is 0 Å². The first kappa shape index (κ1) is 11.6. The lowest BCUT2D eigenvalue weighted by molar-refractivity contribution is -0.144. The minimum absolute atomic E-state index is 0.201. The normalized spacial score (nSPS) is 9.67. The van der Waals surface area contributed by atoms with Gasteiger partial charge in [0.25, 0.3) is 0 Å². The summed E-state index contributed by atoms with van der Waals surface area (Å²) in [5.41, 5.74) is 0. The van der Waals surface area contributed by atoms with Crippen LogP contribution in [-0.4, -0.2) is 19.2 Å². The van der Waals surface area contributed by atoms with Crippen LogP contribution in [0.2, 0.25) is 0 Å². The molecule has 0 saturated heterocycles. The van der Waals surface area contributed by atoms with Crippen LogP contribution in [0.3, 0.4) is 0 Å². The van der Waals surface area contributed by atoms with E-state index in [0.29, 0.717) is 19.6 Å². The minimum Gasteiger partial charge on any atom is -0.493 e. The van der Waals surface area contributed by atoms with Crippen molar-refractivity contribution < 1.29 is 14.3 Å². The zero-order valence-corrected chi connectivity index (χ0v) is 8.94. The first-order valence-corrected chi connectivity index (χ1v) is 5.16. The summed E-state index contributed by atoms with van der Waals surface area (Å²) >= 11 is 0. The van der Waals surface area contributed by atoms with Crippen LogP contribution >= 0.6 is 0 Å². The Morgan fingerprint density at radius 2 is 1.93 bits per heavy atom. The van der Waals surface area contributed by atoms with Crippen molar-refractivity contribution in [3.8, 4) is 5.75 Å². The molecule has 82 valence electrons. The number of para-hydroxylation sites is 1. The second-order valence-electron chi connectivity index (χ2n) is 3.13. The van der Waals surface area contributed by atoms with E-state index >= 15 is 0 Å². The van der Waals surface area contributed by atoms with Crippen molar-refractivity contribution in [2.75, 3.05) is 13.2 Å². The zero-order chi connectivity index (χ0) is 10.9. The van der Waals surface area contributed by atoms with Gasteiger partial charge in [-0.05, 0) is 18.6 Å². The van der Waals surface area contributed by atoms with E-state index < -0.39 is 0 Å². The Hall–Kier alpha value is -1.51. The number of benzene rings is 1. The van der Waals surface area contributed by atoms with Crippen molar-refractivity contribution in [2.24, 2.45) is 0 Å². The molecule has 0 aliphatic rings. The van der Waals surface area contributed by atoms with Crippen molar-refractivity contribution in [3.63, 3.8) is 0 Å². The molecule has 0 bridgehead atoms. The number of hydrogen-bond donors (Lipinski definition) is 0. The molecule has 0 heterocycles. The summed E-state index contributed by atoms with van der Waals surface area (Å²) in [4.78, 5) is 11.1. The second-order valence-corrected chi connectivity index (χ2v) is 3.13. The van der Waals surface area contributed by atoms with Crippen molar-refractivity contribution in [3.05, 3.63) is 30.3 Å². The maximum atomic E-state index is 11.1. The van der Waals surface area contributed by atoms with E-state index in [2.05, 4.69) is 0 Å². The van der Waals surface area contributed by atoms with E-state index in [4.69, 9.17) is 9.47 Å². The van der Waals surface area contributed by atoms with Gasteiger partial charge in [0, 0.05) is 0 Å². The van der Waals surface area contributed by atoms with Gasteiger partial charge in [0.15, 0.2) is 0 Å². The third-order valence-electron chi connectivity index (χ3n) is 1.79. The molecule has 0 aliphatic heterocycles. The first-order chi connectivity index (χ1) is 7.33. The van der Waals surface area contributed by atoms with Crippen LogP contribution in [0.25, 0.3) is 0 Å². The molecule has 0 fully saturated rings. The van der Waals surface area contributed by atoms with Gasteiger partial charge in [-0.15, -0.1) is 0 Å². The fourth-order valence-corrected chi connectivity index (χ4v) is 1.06. The predicted octanol–water partition coefficient (Wildman–Crippen LogP) is 2.41. The summed E-state index contributed by atoms with van der Waals surface area (Å²) in [5.74, 6) is 0.577. The van der Waals surface area contributed by atoms with Gasteiger partial charge in [-0.25, -0.2) is 0 Å². The Bertz CT molecular complexity index is 282. The first-order valence-electron chi connectivity index (χ1n) is 5.16. The molecule has 0 atom stereocenters. The van der Waals surface area contributed by atoms with E-state index in [0.717, 1.165) is 12.2 Å². The van der Waals surface area contributed by atoms with Gasteiger partial charge in [-0.3, -0.25) is 4.79 Å². The predicted molar refractivity (Wildman–Crippen MR) is 57.8 cm³/mol. The summed E-state index contributed by atoms with van der Waals surface area (Å²) in [6, 6.07) is 9.42. The van der Waals surface area contributed by atoms with Gasteiger partial charge in [0.1, 0.15) is 5.75 Å². The van der Waals surface area contributed by atoms with E-state index in [1.54, 1.807) is 0 Å². The Morgan fingerprint density at radius 1 is 1.20 bits per heavy atom. The number of hydrogen-bond acceptors (Lipinski definition) is 3. The third-order valence-corrected chi connectivity index (χ3v) is 1.79. The van der Waals surface area contributed by atoms with E-state index in [9.17, 15) is 4.79 Å². The average molecular weight is 208 g/mol. The molecule has 0 N–H and O–H groups in total. The van der Waals surface area contributed by atoms with Crippen LogP contribution in [0.4, 0.5) is 0 Å². The largest absolute Gasteiger partial charge is 0.493 e. The third kappa shape index (κ3) is 5.05. The summed E-state index contributed by atoms with van der Waals surface area (Å²) in [6.07, 6.45) is 1.15. The van der Waals surface area contributed by atoms with Gasteiger partial charge in [-0.1, -0.05) is 25.1 Å². The molecule has 0 unspecified atom stereocenters.